The quantitative estimate of drug-likeness (QED) is 0.592. The van der Waals surface area contributed by atoms with Crippen LogP contribution in [-0.2, 0) is 0 Å². The number of rotatable bonds is 1. The van der Waals surface area contributed by atoms with Gasteiger partial charge in [-0.2, -0.15) is 5.26 Å². The molecular weight excluding hydrogens is 182 g/mol. The predicted molar refractivity (Wildman–Crippen MR) is 51.6 cm³/mol. The maximum Gasteiger partial charge on any atom is 0.267 e. The standard InChI is InChI=1S/C9H11N3O2/c1-4-6(3-10)9(14)12-8(11)7(4)5(2)13/h5,13H,1-2H3,(H3,11,12,14). The molecule has 0 fully saturated rings. The molecule has 0 aliphatic carbocycles. The van der Waals surface area contributed by atoms with Gasteiger partial charge in [-0.3, -0.25) is 4.79 Å². The number of anilines is 1. The van der Waals surface area contributed by atoms with Gasteiger partial charge in [0, 0.05) is 5.56 Å². The first-order valence-corrected chi connectivity index (χ1v) is 4.09. The van der Waals surface area contributed by atoms with Crippen LogP contribution in [0.3, 0.4) is 0 Å². The number of aliphatic hydroxyl groups is 1. The highest BCUT2D eigenvalue weighted by Gasteiger charge is 2.15. The van der Waals surface area contributed by atoms with E-state index in [1.165, 1.54) is 6.92 Å². The van der Waals surface area contributed by atoms with Crippen LogP contribution in [0.5, 0.6) is 0 Å². The molecule has 5 nitrogen and oxygen atoms in total. The molecule has 1 atom stereocenters. The second kappa shape index (κ2) is 3.52. The lowest BCUT2D eigenvalue weighted by atomic mass is 10.0. The van der Waals surface area contributed by atoms with Crippen molar-refractivity contribution < 1.29 is 5.11 Å². The molecule has 0 radical (unpaired) electrons. The summed E-state index contributed by atoms with van der Waals surface area (Å²) >= 11 is 0. The number of nitrogens with zero attached hydrogens (tertiary/aromatic N) is 1. The first kappa shape index (κ1) is 10.3. The van der Waals surface area contributed by atoms with Crippen LogP contribution in [0.1, 0.15) is 29.7 Å². The van der Waals surface area contributed by atoms with E-state index in [2.05, 4.69) is 4.98 Å². The third kappa shape index (κ3) is 1.47. The highest BCUT2D eigenvalue weighted by molar-refractivity contribution is 5.51. The second-order valence-corrected chi connectivity index (χ2v) is 3.07. The van der Waals surface area contributed by atoms with E-state index in [1.807, 2.05) is 0 Å². The Bertz CT molecular complexity index is 454. The van der Waals surface area contributed by atoms with Crippen molar-refractivity contribution in [2.75, 3.05) is 5.73 Å². The fourth-order valence-corrected chi connectivity index (χ4v) is 1.43. The van der Waals surface area contributed by atoms with E-state index in [0.717, 1.165) is 0 Å². The minimum absolute atomic E-state index is 0.00454. The summed E-state index contributed by atoms with van der Waals surface area (Å²) in [6.45, 7) is 3.12. The predicted octanol–water partition coefficient (Wildman–Crippen LogP) is 0.191. The van der Waals surface area contributed by atoms with Gasteiger partial charge in [-0.15, -0.1) is 0 Å². The summed E-state index contributed by atoms with van der Waals surface area (Å²) in [6.07, 6.45) is -0.807. The van der Waals surface area contributed by atoms with Crippen LogP contribution < -0.4 is 11.3 Å². The third-order valence-electron chi connectivity index (χ3n) is 2.07. The van der Waals surface area contributed by atoms with E-state index in [9.17, 15) is 9.90 Å². The minimum atomic E-state index is -0.807. The maximum atomic E-state index is 11.2. The highest BCUT2D eigenvalue weighted by atomic mass is 16.3. The van der Waals surface area contributed by atoms with Crippen LogP contribution in [0.4, 0.5) is 5.82 Å². The van der Waals surface area contributed by atoms with Crippen LogP contribution in [0.25, 0.3) is 0 Å². The number of aliphatic hydroxyl groups excluding tert-OH is 1. The fraction of sp³-hybridized carbons (Fsp3) is 0.333. The van der Waals surface area contributed by atoms with Crippen molar-refractivity contribution in [3.8, 4) is 6.07 Å². The van der Waals surface area contributed by atoms with E-state index in [4.69, 9.17) is 11.0 Å². The maximum absolute atomic E-state index is 11.2. The van der Waals surface area contributed by atoms with Gasteiger partial charge in [0.1, 0.15) is 17.5 Å². The summed E-state index contributed by atoms with van der Waals surface area (Å²) in [4.78, 5) is 13.5. The molecule has 0 spiro atoms. The summed E-state index contributed by atoms with van der Waals surface area (Å²) < 4.78 is 0. The normalized spacial score (nSPS) is 12.1. The van der Waals surface area contributed by atoms with Crippen molar-refractivity contribution in [3.63, 3.8) is 0 Å². The fourth-order valence-electron chi connectivity index (χ4n) is 1.43. The largest absolute Gasteiger partial charge is 0.389 e. The van der Waals surface area contributed by atoms with Crippen molar-refractivity contribution in [1.82, 2.24) is 4.98 Å². The zero-order valence-electron chi connectivity index (χ0n) is 7.96. The van der Waals surface area contributed by atoms with Crippen molar-refractivity contribution in [1.29, 1.82) is 5.26 Å². The van der Waals surface area contributed by atoms with Gasteiger partial charge in [-0.1, -0.05) is 0 Å². The Balaban J connectivity index is 3.63. The number of aromatic nitrogens is 1. The molecule has 5 heteroatoms. The van der Waals surface area contributed by atoms with Crippen LogP contribution in [0.2, 0.25) is 0 Å². The molecule has 0 aliphatic heterocycles. The number of nitrogen functional groups attached to an aromatic ring is 1. The Morgan fingerprint density at radius 2 is 2.21 bits per heavy atom. The molecule has 0 bridgehead atoms. The lowest BCUT2D eigenvalue weighted by Gasteiger charge is -2.12. The molecule has 0 aromatic carbocycles. The van der Waals surface area contributed by atoms with E-state index in [0.29, 0.717) is 11.1 Å². The Kier molecular flexibility index (Phi) is 2.58. The van der Waals surface area contributed by atoms with Crippen molar-refractivity contribution >= 4 is 5.82 Å². The molecular formula is C9H11N3O2. The molecule has 4 N–H and O–H groups in total. The summed E-state index contributed by atoms with van der Waals surface area (Å²) in [5.41, 5.74) is 5.83. The van der Waals surface area contributed by atoms with E-state index < -0.39 is 11.7 Å². The Morgan fingerprint density at radius 3 is 2.64 bits per heavy atom. The zero-order valence-corrected chi connectivity index (χ0v) is 7.96. The highest BCUT2D eigenvalue weighted by Crippen LogP contribution is 2.22. The number of pyridine rings is 1. The summed E-state index contributed by atoms with van der Waals surface area (Å²) in [5, 5.41) is 18.1. The summed E-state index contributed by atoms with van der Waals surface area (Å²) in [5.74, 6) is 0.113. The molecule has 1 unspecified atom stereocenters. The number of nitriles is 1. The topological polar surface area (TPSA) is 103 Å². The number of aromatic amines is 1. The van der Waals surface area contributed by atoms with Crippen LogP contribution in [0.15, 0.2) is 4.79 Å². The van der Waals surface area contributed by atoms with Gasteiger partial charge >= 0.3 is 0 Å². The molecule has 14 heavy (non-hydrogen) atoms. The Morgan fingerprint density at radius 1 is 1.64 bits per heavy atom. The van der Waals surface area contributed by atoms with Gasteiger partial charge in [0.15, 0.2) is 0 Å². The Hall–Kier alpha value is -1.80. The SMILES string of the molecule is Cc1c(C(C)O)c(N)[nH]c(=O)c1C#N. The van der Waals surface area contributed by atoms with Crippen molar-refractivity contribution in [2.24, 2.45) is 0 Å². The molecule has 74 valence electrons. The monoisotopic (exact) mass is 193 g/mol. The first-order chi connectivity index (χ1) is 6.49. The summed E-state index contributed by atoms with van der Waals surface area (Å²) in [6, 6.07) is 1.78. The third-order valence-corrected chi connectivity index (χ3v) is 2.07. The average molecular weight is 193 g/mol. The molecule has 1 heterocycles. The van der Waals surface area contributed by atoms with Gasteiger partial charge in [-0.05, 0) is 19.4 Å². The average Bonchev–Trinajstić information content (AvgIpc) is 2.02. The molecule has 0 aliphatic rings. The second-order valence-electron chi connectivity index (χ2n) is 3.07. The molecule has 0 amide bonds. The molecule has 1 rings (SSSR count). The number of nitrogens with one attached hydrogen (secondary N) is 1. The van der Waals surface area contributed by atoms with E-state index >= 15 is 0 Å². The molecule has 0 saturated heterocycles. The Labute approximate surface area is 80.8 Å². The zero-order chi connectivity index (χ0) is 10.9. The molecule has 1 aromatic rings. The van der Waals surface area contributed by atoms with Gasteiger partial charge in [0.05, 0.1) is 6.10 Å². The first-order valence-electron chi connectivity index (χ1n) is 4.09. The lowest BCUT2D eigenvalue weighted by Crippen LogP contribution is -2.18. The van der Waals surface area contributed by atoms with Crippen molar-refractivity contribution in [3.05, 3.63) is 27.0 Å². The number of hydrogen-bond acceptors (Lipinski definition) is 4. The lowest BCUT2D eigenvalue weighted by molar-refractivity contribution is 0.199. The van der Waals surface area contributed by atoms with E-state index in [-0.39, 0.29) is 11.4 Å². The minimum Gasteiger partial charge on any atom is -0.389 e. The number of nitrogens with two attached hydrogens (primary N) is 1. The number of hydrogen-bond donors (Lipinski definition) is 3. The van der Waals surface area contributed by atoms with Crippen LogP contribution >= 0.6 is 0 Å². The van der Waals surface area contributed by atoms with Gasteiger partial charge < -0.3 is 15.8 Å². The molecule has 1 aromatic heterocycles. The van der Waals surface area contributed by atoms with Gasteiger partial charge in [0.25, 0.3) is 5.56 Å². The van der Waals surface area contributed by atoms with Gasteiger partial charge in [0.2, 0.25) is 0 Å². The number of H-pyrrole nitrogens is 1. The van der Waals surface area contributed by atoms with Crippen molar-refractivity contribution in [2.45, 2.75) is 20.0 Å². The van der Waals surface area contributed by atoms with E-state index in [1.54, 1.807) is 13.0 Å². The van der Waals surface area contributed by atoms with Crippen LogP contribution in [0, 0.1) is 18.3 Å². The molecule has 0 saturated carbocycles. The summed E-state index contributed by atoms with van der Waals surface area (Å²) in [7, 11) is 0. The smallest absolute Gasteiger partial charge is 0.267 e. The van der Waals surface area contributed by atoms with Crippen LogP contribution in [-0.4, -0.2) is 10.1 Å². The van der Waals surface area contributed by atoms with Gasteiger partial charge in [-0.25, -0.2) is 0 Å².